The second-order valence-electron chi connectivity index (χ2n) is 4.38. The maximum atomic E-state index is 6.09. The predicted octanol–water partition coefficient (Wildman–Crippen LogP) is 4.49. The van der Waals surface area contributed by atoms with Crippen LogP contribution in [0.3, 0.4) is 0 Å². The van der Waals surface area contributed by atoms with E-state index in [0.29, 0.717) is 0 Å². The van der Waals surface area contributed by atoms with Gasteiger partial charge in [-0.25, -0.2) is 0 Å². The van der Waals surface area contributed by atoms with Gasteiger partial charge >= 0.3 is 8.56 Å². The Hall–Kier alpha value is 0.137. The summed E-state index contributed by atoms with van der Waals surface area (Å²) < 4.78 is 12.1. The predicted molar refractivity (Wildman–Crippen MR) is 73.1 cm³/mol. The molecule has 16 heavy (non-hydrogen) atoms. The molecule has 0 bridgehead atoms. The smallest absolute Gasteiger partial charge is 0.337 e. The van der Waals surface area contributed by atoms with Crippen LogP contribution in [0.5, 0.6) is 0 Å². The Morgan fingerprint density at radius 2 is 1.31 bits per heavy atom. The second kappa shape index (κ2) is 10.3. The van der Waals surface area contributed by atoms with Gasteiger partial charge in [-0.1, -0.05) is 47.0 Å². The summed E-state index contributed by atoms with van der Waals surface area (Å²) in [5.41, 5.74) is 0. The molecule has 98 valence electrons. The molecule has 0 aliphatic rings. The van der Waals surface area contributed by atoms with Gasteiger partial charge in [-0.05, 0) is 24.9 Å². The van der Waals surface area contributed by atoms with E-state index in [2.05, 4.69) is 27.7 Å². The van der Waals surface area contributed by atoms with Crippen LogP contribution in [0, 0.1) is 0 Å². The van der Waals surface area contributed by atoms with E-state index in [0.717, 1.165) is 31.7 Å². The lowest BCUT2D eigenvalue weighted by Crippen LogP contribution is -2.41. The van der Waals surface area contributed by atoms with Gasteiger partial charge < -0.3 is 8.85 Å². The van der Waals surface area contributed by atoms with Crippen LogP contribution in [0.4, 0.5) is 0 Å². The van der Waals surface area contributed by atoms with E-state index in [1.54, 1.807) is 0 Å². The van der Waals surface area contributed by atoms with E-state index >= 15 is 0 Å². The van der Waals surface area contributed by atoms with Crippen LogP contribution in [-0.4, -0.2) is 21.8 Å². The zero-order chi connectivity index (χ0) is 12.3. The first kappa shape index (κ1) is 16.1. The van der Waals surface area contributed by atoms with E-state index in [1.165, 1.54) is 25.7 Å². The molecule has 0 saturated carbocycles. The fraction of sp³-hybridized carbons (Fsp3) is 1.00. The molecule has 0 spiro atoms. The van der Waals surface area contributed by atoms with Crippen molar-refractivity contribution in [2.24, 2.45) is 0 Å². The first-order valence-corrected chi connectivity index (χ1v) is 9.25. The lowest BCUT2D eigenvalue weighted by molar-refractivity contribution is 0.166. The summed E-state index contributed by atoms with van der Waals surface area (Å²) in [5, 5.41) is 0. The molecule has 0 aromatic carbocycles. The monoisotopic (exact) mass is 246 g/mol. The summed E-state index contributed by atoms with van der Waals surface area (Å²) >= 11 is 0. The zero-order valence-electron chi connectivity index (χ0n) is 11.7. The van der Waals surface area contributed by atoms with Crippen molar-refractivity contribution in [3.8, 4) is 0 Å². The van der Waals surface area contributed by atoms with Gasteiger partial charge in [0.15, 0.2) is 0 Å². The topological polar surface area (TPSA) is 18.5 Å². The highest BCUT2D eigenvalue weighted by Gasteiger charge is 2.32. The summed E-state index contributed by atoms with van der Waals surface area (Å²) in [5.74, 6) is 0. The molecule has 0 aromatic heterocycles. The van der Waals surface area contributed by atoms with Crippen molar-refractivity contribution in [3.05, 3.63) is 0 Å². The van der Waals surface area contributed by atoms with Gasteiger partial charge in [0.2, 0.25) is 0 Å². The largest absolute Gasteiger partial charge is 0.394 e. The Morgan fingerprint density at radius 3 is 1.81 bits per heavy atom. The molecule has 0 unspecified atom stereocenters. The third-order valence-corrected chi connectivity index (χ3v) is 6.62. The maximum Gasteiger partial charge on any atom is 0.337 e. The molecule has 0 atom stereocenters. The molecule has 0 N–H and O–H groups in total. The van der Waals surface area contributed by atoms with E-state index in [1.807, 2.05) is 0 Å². The molecule has 0 heterocycles. The molecule has 0 rings (SSSR count). The first-order valence-electron chi connectivity index (χ1n) is 7.02. The van der Waals surface area contributed by atoms with Crippen molar-refractivity contribution in [2.75, 3.05) is 13.2 Å². The Morgan fingerprint density at radius 1 is 0.688 bits per heavy atom. The van der Waals surface area contributed by atoms with Gasteiger partial charge in [-0.15, -0.1) is 0 Å². The molecule has 0 aromatic rings. The number of unbranched alkanes of at least 4 members (excludes halogenated alkanes) is 3. The summed E-state index contributed by atoms with van der Waals surface area (Å²) in [7, 11) is -1.82. The van der Waals surface area contributed by atoms with E-state index in [4.69, 9.17) is 8.85 Å². The Balaban J connectivity index is 3.82. The zero-order valence-corrected chi connectivity index (χ0v) is 12.7. The molecular weight excluding hydrogens is 216 g/mol. The molecule has 0 fully saturated rings. The van der Waals surface area contributed by atoms with Crippen molar-refractivity contribution in [1.82, 2.24) is 0 Å². The minimum absolute atomic E-state index is 0.864. The van der Waals surface area contributed by atoms with Crippen LogP contribution in [-0.2, 0) is 8.85 Å². The summed E-state index contributed by atoms with van der Waals surface area (Å²) in [6.45, 7) is 10.6. The van der Waals surface area contributed by atoms with Crippen LogP contribution in [0.1, 0.15) is 59.8 Å². The van der Waals surface area contributed by atoms with Crippen molar-refractivity contribution in [2.45, 2.75) is 71.9 Å². The first-order chi connectivity index (χ1) is 7.74. The highest BCUT2D eigenvalue weighted by atomic mass is 28.4. The van der Waals surface area contributed by atoms with E-state index in [9.17, 15) is 0 Å². The van der Waals surface area contributed by atoms with Crippen molar-refractivity contribution >= 4 is 8.56 Å². The molecule has 0 radical (unpaired) electrons. The van der Waals surface area contributed by atoms with Gasteiger partial charge in [0.25, 0.3) is 0 Å². The molecule has 0 saturated heterocycles. The van der Waals surface area contributed by atoms with Gasteiger partial charge in [0.1, 0.15) is 0 Å². The summed E-state index contributed by atoms with van der Waals surface area (Å²) in [4.78, 5) is 0. The highest BCUT2D eigenvalue weighted by molar-refractivity contribution is 6.67. The van der Waals surface area contributed by atoms with Crippen LogP contribution < -0.4 is 0 Å². The SMILES string of the molecule is CCCCCCO[Si](CC)(CC)OCCC. The van der Waals surface area contributed by atoms with Gasteiger partial charge in [-0.2, -0.15) is 0 Å². The van der Waals surface area contributed by atoms with Crippen molar-refractivity contribution < 1.29 is 8.85 Å². The number of hydrogen-bond donors (Lipinski definition) is 0. The number of hydrogen-bond acceptors (Lipinski definition) is 2. The van der Waals surface area contributed by atoms with E-state index < -0.39 is 8.56 Å². The number of rotatable bonds is 11. The summed E-state index contributed by atoms with van der Waals surface area (Å²) in [6, 6.07) is 2.16. The highest BCUT2D eigenvalue weighted by Crippen LogP contribution is 2.19. The van der Waals surface area contributed by atoms with E-state index in [-0.39, 0.29) is 0 Å². The standard InChI is InChI=1S/C13H30O2Si/c1-5-9-10-11-13-15-16(7-3,8-4)14-12-6-2/h5-13H2,1-4H3. The molecule has 0 aliphatic heterocycles. The van der Waals surface area contributed by atoms with Gasteiger partial charge in [-0.3, -0.25) is 0 Å². The van der Waals surface area contributed by atoms with Crippen molar-refractivity contribution in [3.63, 3.8) is 0 Å². The maximum absolute atomic E-state index is 6.09. The normalized spacial score (nSPS) is 12.0. The van der Waals surface area contributed by atoms with Crippen molar-refractivity contribution in [1.29, 1.82) is 0 Å². The average Bonchev–Trinajstić information content (AvgIpc) is 2.33. The fourth-order valence-corrected chi connectivity index (χ4v) is 4.27. The molecule has 3 heteroatoms. The van der Waals surface area contributed by atoms with Gasteiger partial charge in [0.05, 0.1) is 0 Å². The second-order valence-corrected chi connectivity index (χ2v) is 8.19. The quantitative estimate of drug-likeness (QED) is 0.395. The average molecular weight is 246 g/mol. The summed E-state index contributed by atoms with van der Waals surface area (Å²) in [6.07, 6.45) is 6.19. The molecule has 0 amide bonds. The minimum Gasteiger partial charge on any atom is -0.394 e. The minimum atomic E-state index is -1.82. The molecule has 0 aliphatic carbocycles. The Kier molecular flexibility index (Phi) is 10.4. The molecule has 2 nitrogen and oxygen atoms in total. The van der Waals surface area contributed by atoms with Crippen LogP contribution in [0.25, 0.3) is 0 Å². The van der Waals surface area contributed by atoms with Crippen LogP contribution in [0.15, 0.2) is 0 Å². The lowest BCUT2D eigenvalue weighted by Gasteiger charge is -2.28. The van der Waals surface area contributed by atoms with Crippen LogP contribution in [0.2, 0.25) is 12.1 Å². The lowest BCUT2D eigenvalue weighted by atomic mass is 10.2. The third-order valence-electron chi connectivity index (χ3n) is 3.01. The fourth-order valence-electron chi connectivity index (χ4n) is 1.77. The third kappa shape index (κ3) is 6.66. The Labute approximate surface area is 103 Å². The van der Waals surface area contributed by atoms with Gasteiger partial charge in [0, 0.05) is 13.2 Å². The Bertz CT molecular complexity index is 147. The van der Waals surface area contributed by atoms with Crippen LogP contribution >= 0.6 is 0 Å². The molecular formula is C13H30O2Si.